The van der Waals surface area contributed by atoms with Crippen molar-refractivity contribution < 1.29 is 9.53 Å². The Kier molecular flexibility index (Phi) is 2.98. The van der Waals surface area contributed by atoms with E-state index in [1.54, 1.807) is 6.08 Å². The third-order valence-corrected chi connectivity index (χ3v) is 8.51. The number of ether oxygens (including phenoxy) is 1. The molecule has 1 heterocycles. The second-order valence-corrected chi connectivity index (χ2v) is 9.21. The lowest BCUT2D eigenvalue weighted by molar-refractivity contribution is -0.120. The van der Waals surface area contributed by atoms with E-state index in [1.807, 2.05) is 6.08 Å². The predicted molar refractivity (Wildman–Crippen MR) is 94.4 cm³/mol. The number of allylic oxidation sites excluding steroid dienone is 6. The number of fused-ring (bicyclic) bond motifs is 6. The fourth-order valence-electron chi connectivity index (χ4n) is 7.09. The molecule has 24 heavy (non-hydrogen) atoms. The lowest BCUT2D eigenvalue weighted by atomic mass is 9.49. The number of ketones is 1. The van der Waals surface area contributed by atoms with Crippen LogP contribution in [-0.4, -0.2) is 18.0 Å². The van der Waals surface area contributed by atoms with Gasteiger partial charge in [0.1, 0.15) is 0 Å². The average molecular weight is 324 g/mol. The highest BCUT2D eigenvalue weighted by atomic mass is 16.5. The maximum absolute atomic E-state index is 11.8. The van der Waals surface area contributed by atoms with Crippen LogP contribution >= 0.6 is 0 Å². The first kappa shape index (κ1) is 15.1. The van der Waals surface area contributed by atoms with E-state index < -0.39 is 0 Å². The summed E-state index contributed by atoms with van der Waals surface area (Å²) in [4.78, 5) is 11.8. The Morgan fingerprint density at radius 3 is 2.71 bits per heavy atom. The molecule has 5 aliphatic rings. The zero-order chi connectivity index (χ0) is 16.6. The van der Waals surface area contributed by atoms with Crippen molar-refractivity contribution in [3.05, 3.63) is 36.0 Å². The fourth-order valence-corrected chi connectivity index (χ4v) is 7.09. The lowest BCUT2D eigenvalue weighted by Crippen LogP contribution is -2.53. The first-order valence-electron chi connectivity index (χ1n) is 9.76. The van der Waals surface area contributed by atoms with Gasteiger partial charge in [-0.3, -0.25) is 4.79 Å². The quantitative estimate of drug-likeness (QED) is 0.650. The number of hydrogen-bond donors (Lipinski definition) is 0. The van der Waals surface area contributed by atoms with Crippen LogP contribution in [0.1, 0.15) is 52.4 Å². The van der Waals surface area contributed by atoms with Crippen molar-refractivity contribution in [3.63, 3.8) is 0 Å². The maximum atomic E-state index is 11.8. The Morgan fingerprint density at radius 1 is 1.08 bits per heavy atom. The molecule has 1 saturated heterocycles. The van der Waals surface area contributed by atoms with Gasteiger partial charge in [-0.05, 0) is 79.4 Å². The second kappa shape index (κ2) is 4.72. The van der Waals surface area contributed by atoms with E-state index in [1.165, 1.54) is 44.1 Å². The van der Waals surface area contributed by atoms with Crippen LogP contribution in [0.4, 0.5) is 0 Å². The molecule has 1 aliphatic heterocycles. The van der Waals surface area contributed by atoms with E-state index in [-0.39, 0.29) is 16.8 Å². The smallest absolute Gasteiger partial charge is 0.178 e. The first-order valence-corrected chi connectivity index (χ1v) is 9.76. The number of hydrogen-bond acceptors (Lipinski definition) is 2. The highest BCUT2D eigenvalue weighted by molar-refractivity contribution is 6.01. The molecule has 3 fully saturated rings. The molecular weight excluding hydrogens is 296 g/mol. The Hall–Kier alpha value is -1.15. The summed E-state index contributed by atoms with van der Waals surface area (Å²) in [6.45, 7) is 5.83. The van der Waals surface area contributed by atoms with Crippen LogP contribution in [0.3, 0.4) is 0 Å². The van der Waals surface area contributed by atoms with Crippen LogP contribution < -0.4 is 0 Å². The highest BCUT2D eigenvalue weighted by Gasteiger charge is 2.64. The molecule has 128 valence electrons. The van der Waals surface area contributed by atoms with Gasteiger partial charge in [0.25, 0.3) is 0 Å². The highest BCUT2D eigenvalue weighted by Crippen LogP contribution is 2.68. The van der Waals surface area contributed by atoms with E-state index in [0.717, 1.165) is 12.5 Å². The molecule has 0 radical (unpaired) electrons. The van der Waals surface area contributed by atoms with Gasteiger partial charge in [-0.1, -0.05) is 32.1 Å². The normalized spacial score (nSPS) is 52.2. The summed E-state index contributed by atoms with van der Waals surface area (Å²) >= 11 is 0. The minimum atomic E-state index is 0.0426. The average Bonchev–Trinajstić information content (AvgIpc) is 3.15. The summed E-state index contributed by atoms with van der Waals surface area (Å²) < 4.78 is 6.41. The van der Waals surface area contributed by atoms with E-state index in [4.69, 9.17) is 4.74 Å². The molecule has 2 heteroatoms. The maximum Gasteiger partial charge on any atom is 0.178 e. The van der Waals surface area contributed by atoms with Crippen molar-refractivity contribution in [1.82, 2.24) is 0 Å². The SMILES string of the molecule is C[C@]12C=CC(=O)C=C1C=C[C@@H]1[C@@H]2CC[C@@]2(C)[C@H]1CC[C@@]21CCCO1. The summed E-state index contributed by atoms with van der Waals surface area (Å²) in [7, 11) is 0. The third-order valence-electron chi connectivity index (χ3n) is 8.51. The van der Waals surface area contributed by atoms with Crippen molar-refractivity contribution in [2.45, 2.75) is 58.0 Å². The monoisotopic (exact) mass is 324 g/mol. The van der Waals surface area contributed by atoms with E-state index in [9.17, 15) is 4.79 Å². The summed E-state index contributed by atoms with van der Waals surface area (Å²) in [6.07, 6.45) is 18.1. The van der Waals surface area contributed by atoms with E-state index in [2.05, 4.69) is 32.1 Å². The van der Waals surface area contributed by atoms with Gasteiger partial charge in [-0.15, -0.1) is 0 Å². The fraction of sp³-hybridized carbons (Fsp3) is 0.682. The molecular formula is C22H28O2. The minimum Gasteiger partial charge on any atom is -0.374 e. The summed E-state index contributed by atoms with van der Waals surface area (Å²) in [6, 6.07) is 0. The van der Waals surface area contributed by atoms with Crippen molar-refractivity contribution >= 4 is 5.78 Å². The Balaban J connectivity index is 1.55. The molecule has 0 amide bonds. The molecule has 0 unspecified atom stereocenters. The second-order valence-electron chi connectivity index (χ2n) is 9.21. The Bertz CT molecular complexity index is 678. The van der Waals surface area contributed by atoms with E-state index in [0.29, 0.717) is 17.3 Å². The Morgan fingerprint density at radius 2 is 1.92 bits per heavy atom. The van der Waals surface area contributed by atoms with Crippen molar-refractivity contribution in [1.29, 1.82) is 0 Å². The number of carbonyl (C=O) groups is 1. The summed E-state index contributed by atoms with van der Waals surface area (Å²) in [5.74, 6) is 2.14. The van der Waals surface area contributed by atoms with Crippen molar-refractivity contribution in [3.8, 4) is 0 Å². The van der Waals surface area contributed by atoms with Crippen LogP contribution in [0.5, 0.6) is 0 Å². The topological polar surface area (TPSA) is 26.3 Å². The van der Waals surface area contributed by atoms with Gasteiger partial charge in [0.2, 0.25) is 0 Å². The zero-order valence-electron chi connectivity index (χ0n) is 14.9. The molecule has 0 aromatic heterocycles. The number of carbonyl (C=O) groups excluding carboxylic acids is 1. The van der Waals surface area contributed by atoms with Crippen LogP contribution in [0.25, 0.3) is 0 Å². The molecule has 1 spiro atoms. The third kappa shape index (κ3) is 1.68. The molecule has 2 nitrogen and oxygen atoms in total. The van der Waals surface area contributed by atoms with Crippen LogP contribution in [0.15, 0.2) is 36.0 Å². The largest absolute Gasteiger partial charge is 0.374 e. The molecule has 0 bridgehead atoms. The molecule has 6 atom stereocenters. The molecule has 0 aromatic carbocycles. The molecule has 5 rings (SSSR count). The van der Waals surface area contributed by atoms with Crippen molar-refractivity contribution in [2.24, 2.45) is 28.6 Å². The van der Waals surface area contributed by atoms with Gasteiger partial charge in [-0.2, -0.15) is 0 Å². The molecule has 2 saturated carbocycles. The number of rotatable bonds is 0. The molecule has 0 aromatic rings. The van der Waals surface area contributed by atoms with Gasteiger partial charge < -0.3 is 4.74 Å². The van der Waals surface area contributed by atoms with Gasteiger partial charge in [-0.25, -0.2) is 0 Å². The standard InChI is InChI=1S/C22H28O2/c1-20-10-6-16(23)14-15(20)4-5-17-18(20)7-11-21(2)19(17)8-12-22(21)9-3-13-24-22/h4-6,10,14,17-19H,3,7-9,11-13H2,1-2H3/t17-,18+,19+,20+,21+,22+/m1/s1. The van der Waals surface area contributed by atoms with Gasteiger partial charge in [0, 0.05) is 12.0 Å². The predicted octanol–water partition coefficient (Wildman–Crippen LogP) is 4.62. The summed E-state index contributed by atoms with van der Waals surface area (Å²) in [5.41, 5.74) is 1.76. The molecule has 0 N–H and O–H groups in total. The molecule has 4 aliphatic carbocycles. The summed E-state index contributed by atoms with van der Waals surface area (Å²) in [5, 5.41) is 0. The lowest BCUT2D eigenvalue weighted by Gasteiger charge is -2.56. The Labute approximate surface area is 145 Å². The van der Waals surface area contributed by atoms with Crippen LogP contribution in [0.2, 0.25) is 0 Å². The van der Waals surface area contributed by atoms with Crippen LogP contribution in [-0.2, 0) is 9.53 Å². The van der Waals surface area contributed by atoms with Gasteiger partial charge in [0.15, 0.2) is 5.78 Å². The van der Waals surface area contributed by atoms with Gasteiger partial charge in [0.05, 0.1) is 5.60 Å². The van der Waals surface area contributed by atoms with Gasteiger partial charge >= 0.3 is 0 Å². The van der Waals surface area contributed by atoms with Crippen molar-refractivity contribution in [2.75, 3.05) is 6.61 Å². The first-order chi connectivity index (χ1) is 11.5. The zero-order valence-corrected chi connectivity index (χ0v) is 14.9. The van der Waals surface area contributed by atoms with Crippen LogP contribution in [0, 0.1) is 28.6 Å². The minimum absolute atomic E-state index is 0.0426. The van der Waals surface area contributed by atoms with E-state index >= 15 is 0 Å².